The third kappa shape index (κ3) is 2.45. The van der Waals surface area contributed by atoms with E-state index >= 15 is 0 Å². The average molecular weight is 252 g/mol. The highest BCUT2D eigenvalue weighted by Gasteiger charge is 2.43. The van der Waals surface area contributed by atoms with Crippen LogP contribution in [-0.4, -0.2) is 49.3 Å². The molecule has 3 heteroatoms. The molecule has 0 bridgehead atoms. The van der Waals surface area contributed by atoms with Crippen molar-refractivity contribution in [3.05, 3.63) is 0 Å². The van der Waals surface area contributed by atoms with Crippen molar-refractivity contribution in [2.24, 2.45) is 5.92 Å². The lowest BCUT2D eigenvalue weighted by molar-refractivity contribution is -0.102. The van der Waals surface area contributed by atoms with Gasteiger partial charge in [-0.1, -0.05) is 6.92 Å². The predicted molar refractivity (Wildman–Crippen MR) is 73.8 cm³/mol. The molecule has 2 saturated carbocycles. The SMILES string of the molecule is CCC1CNC(C2CC2)CN1CC1(OC)CCC1. The number of hydrogen-bond donors (Lipinski definition) is 1. The fraction of sp³-hybridized carbons (Fsp3) is 1.00. The van der Waals surface area contributed by atoms with E-state index in [-0.39, 0.29) is 5.60 Å². The molecule has 1 heterocycles. The highest BCUT2D eigenvalue weighted by atomic mass is 16.5. The molecule has 1 saturated heterocycles. The Balaban J connectivity index is 1.62. The molecule has 3 fully saturated rings. The molecule has 2 unspecified atom stereocenters. The first kappa shape index (κ1) is 12.9. The summed E-state index contributed by atoms with van der Waals surface area (Å²) in [6, 6.07) is 1.47. The summed E-state index contributed by atoms with van der Waals surface area (Å²) in [4.78, 5) is 2.72. The van der Waals surface area contributed by atoms with Crippen LogP contribution < -0.4 is 5.32 Å². The molecule has 0 aromatic rings. The van der Waals surface area contributed by atoms with Crippen LogP contribution >= 0.6 is 0 Å². The van der Waals surface area contributed by atoms with Crippen molar-refractivity contribution in [2.75, 3.05) is 26.7 Å². The van der Waals surface area contributed by atoms with Crippen LogP contribution in [0.5, 0.6) is 0 Å². The van der Waals surface area contributed by atoms with E-state index in [1.54, 1.807) is 0 Å². The predicted octanol–water partition coefficient (Wildman–Crippen LogP) is 2.02. The second kappa shape index (κ2) is 5.10. The first-order valence-corrected chi connectivity index (χ1v) is 7.79. The van der Waals surface area contributed by atoms with E-state index in [0.717, 1.165) is 18.5 Å². The number of methoxy groups -OCH3 is 1. The van der Waals surface area contributed by atoms with E-state index < -0.39 is 0 Å². The number of hydrogen-bond acceptors (Lipinski definition) is 3. The fourth-order valence-corrected chi connectivity index (χ4v) is 3.66. The zero-order chi connectivity index (χ0) is 12.6. The molecule has 1 aliphatic heterocycles. The molecule has 2 atom stereocenters. The van der Waals surface area contributed by atoms with Gasteiger partial charge >= 0.3 is 0 Å². The summed E-state index contributed by atoms with van der Waals surface area (Å²) in [5, 5.41) is 3.77. The van der Waals surface area contributed by atoms with Gasteiger partial charge in [-0.25, -0.2) is 0 Å². The molecule has 0 spiro atoms. The van der Waals surface area contributed by atoms with E-state index in [0.29, 0.717) is 6.04 Å². The molecular formula is C15H28N2O. The molecule has 0 aromatic heterocycles. The Morgan fingerprint density at radius 3 is 2.61 bits per heavy atom. The maximum atomic E-state index is 5.82. The smallest absolute Gasteiger partial charge is 0.0805 e. The summed E-state index contributed by atoms with van der Waals surface area (Å²) in [5.41, 5.74) is 0.193. The molecule has 104 valence electrons. The van der Waals surface area contributed by atoms with E-state index in [1.165, 1.54) is 51.6 Å². The summed E-state index contributed by atoms with van der Waals surface area (Å²) >= 11 is 0. The normalized spacial score (nSPS) is 36.3. The number of nitrogens with one attached hydrogen (secondary N) is 1. The van der Waals surface area contributed by atoms with Gasteiger partial charge in [-0.15, -0.1) is 0 Å². The number of nitrogens with zero attached hydrogens (tertiary/aromatic N) is 1. The molecule has 1 N–H and O–H groups in total. The van der Waals surface area contributed by atoms with Gasteiger partial charge in [-0.3, -0.25) is 4.90 Å². The number of ether oxygens (including phenoxy) is 1. The van der Waals surface area contributed by atoms with Crippen LogP contribution in [0, 0.1) is 5.92 Å². The Hall–Kier alpha value is -0.120. The van der Waals surface area contributed by atoms with Crippen molar-refractivity contribution in [1.82, 2.24) is 10.2 Å². The van der Waals surface area contributed by atoms with Crippen LogP contribution in [0.3, 0.4) is 0 Å². The Labute approximate surface area is 111 Å². The highest BCUT2D eigenvalue weighted by molar-refractivity contribution is 4.99. The zero-order valence-corrected chi connectivity index (χ0v) is 12.0. The van der Waals surface area contributed by atoms with Crippen molar-refractivity contribution < 1.29 is 4.74 Å². The molecule has 3 nitrogen and oxygen atoms in total. The first-order chi connectivity index (χ1) is 8.76. The third-order valence-electron chi connectivity index (χ3n) is 5.41. The Morgan fingerprint density at radius 2 is 2.11 bits per heavy atom. The molecule has 0 radical (unpaired) electrons. The zero-order valence-electron chi connectivity index (χ0n) is 12.0. The second-order valence-corrected chi connectivity index (χ2v) is 6.58. The van der Waals surface area contributed by atoms with Gasteiger partial charge in [-0.2, -0.15) is 0 Å². The maximum Gasteiger partial charge on any atom is 0.0805 e. The Morgan fingerprint density at radius 1 is 1.33 bits per heavy atom. The van der Waals surface area contributed by atoms with E-state index in [2.05, 4.69) is 17.1 Å². The topological polar surface area (TPSA) is 24.5 Å². The minimum Gasteiger partial charge on any atom is -0.377 e. The Kier molecular flexibility index (Phi) is 3.65. The highest BCUT2D eigenvalue weighted by Crippen LogP contribution is 2.38. The maximum absolute atomic E-state index is 5.82. The lowest BCUT2D eigenvalue weighted by Gasteiger charge is -2.48. The second-order valence-electron chi connectivity index (χ2n) is 6.58. The third-order valence-corrected chi connectivity index (χ3v) is 5.41. The van der Waals surface area contributed by atoms with Crippen molar-refractivity contribution in [1.29, 1.82) is 0 Å². The van der Waals surface area contributed by atoms with Gasteiger partial charge in [0.2, 0.25) is 0 Å². The van der Waals surface area contributed by atoms with Crippen LogP contribution in [0.1, 0.15) is 45.4 Å². The quantitative estimate of drug-likeness (QED) is 0.810. The van der Waals surface area contributed by atoms with Crippen LogP contribution in [0.25, 0.3) is 0 Å². The summed E-state index contributed by atoms with van der Waals surface area (Å²) < 4.78 is 5.82. The fourth-order valence-electron chi connectivity index (χ4n) is 3.66. The van der Waals surface area contributed by atoms with Crippen LogP contribution in [0.2, 0.25) is 0 Å². The molecule has 0 amide bonds. The monoisotopic (exact) mass is 252 g/mol. The van der Waals surface area contributed by atoms with E-state index in [1.807, 2.05) is 7.11 Å². The van der Waals surface area contributed by atoms with Gasteiger partial charge in [-0.05, 0) is 44.4 Å². The van der Waals surface area contributed by atoms with Gasteiger partial charge < -0.3 is 10.1 Å². The minimum absolute atomic E-state index is 0.193. The largest absolute Gasteiger partial charge is 0.377 e. The average Bonchev–Trinajstić information content (AvgIpc) is 3.18. The van der Waals surface area contributed by atoms with E-state index in [9.17, 15) is 0 Å². The molecule has 3 aliphatic rings. The van der Waals surface area contributed by atoms with Crippen LogP contribution in [-0.2, 0) is 4.74 Å². The minimum atomic E-state index is 0.193. The van der Waals surface area contributed by atoms with Gasteiger partial charge in [0.15, 0.2) is 0 Å². The molecular weight excluding hydrogens is 224 g/mol. The lowest BCUT2D eigenvalue weighted by atomic mass is 9.79. The lowest BCUT2D eigenvalue weighted by Crippen LogP contribution is -2.61. The summed E-state index contributed by atoms with van der Waals surface area (Å²) in [6.45, 7) is 5.90. The van der Waals surface area contributed by atoms with Crippen molar-refractivity contribution in [3.8, 4) is 0 Å². The van der Waals surface area contributed by atoms with Gasteiger partial charge in [0.1, 0.15) is 0 Å². The molecule has 0 aromatic carbocycles. The van der Waals surface area contributed by atoms with Gasteiger partial charge in [0.05, 0.1) is 5.60 Å². The van der Waals surface area contributed by atoms with Crippen molar-refractivity contribution in [2.45, 2.75) is 63.1 Å². The van der Waals surface area contributed by atoms with Gasteiger partial charge in [0.25, 0.3) is 0 Å². The van der Waals surface area contributed by atoms with Gasteiger partial charge in [0, 0.05) is 38.8 Å². The van der Waals surface area contributed by atoms with Crippen LogP contribution in [0.15, 0.2) is 0 Å². The Bertz CT molecular complexity index is 281. The molecule has 3 rings (SSSR count). The van der Waals surface area contributed by atoms with Crippen LogP contribution in [0.4, 0.5) is 0 Å². The van der Waals surface area contributed by atoms with Crippen molar-refractivity contribution in [3.63, 3.8) is 0 Å². The standard InChI is InChI=1S/C15H28N2O/c1-3-13-9-16-14(12-5-6-12)10-17(13)11-15(18-2)7-4-8-15/h12-14,16H,3-11H2,1-2H3. The molecule has 18 heavy (non-hydrogen) atoms. The first-order valence-electron chi connectivity index (χ1n) is 7.79. The summed E-state index contributed by atoms with van der Waals surface area (Å²) in [5.74, 6) is 0.963. The summed E-state index contributed by atoms with van der Waals surface area (Å²) in [7, 11) is 1.90. The molecule has 2 aliphatic carbocycles. The summed E-state index contributed by atoms with van der Waals surface area (Å²) in [6.07, 6.45) is 8.01. The van der Waals surface area contributed by atoms with Crippen molar-refractivity contribution >= 4 is 0 Å². The number of rotatable bonds is 5. The van der Waals surface area contributed by atoms with E-state index in [4.69, 9.17) is 4.74 Å². The number of piperazine rings is 1.